The molecule has 0 amide bonds. The molecule has 1 aromatic carbocycles. The molecule has 0 atom stereocenters. The fourth-order valence-corrected chi connectivity index (χ4v) is 3.16. The van der Waals surface area contributed by atoms with Gasteiger partial charge in [0.2, 0.25) is 0 Å². The number of carbonyl (C=O) groups is 2. The van der Waals surface area contributed by atoms with E-state index in [0.717, 1.165) is 31.6 Å². The van der Waals surface area contributed by atoms with Gasteiger partial charge in [0.15, 0.2) is 0 Å². The molecule has 0 radical (unpaired) electrons. The third-order valence-corrected chi connectivity index (χ3v) is 4.66. The molecule has 0 aliphatic heterocycles. The number of unbranched alkanes of at least 4 members (excludes halogenated alkanes) is 1. The van der Waals surface area contributed by atoms with Gasteiger partial charge >= 0.3 is 5.97 Å². The summed E-state index contributed by atoms with van der Waals surface area (Å²) in [5.41, 5.74) is 0.401. The molecule has 120 valence electrons. The Balaban J connectivity index is 1.81. The predicted molar refractivity (Wildman–Crippen MR) is 87.2 cm³/mol. The average Bonchev–Trinajstić information content (AvgIpc) is 2.54. The van der Waals surface area contributed by atoms with Crippen LogP contribution in [0.4, 0.5) is 0 Å². The monoisotopic (exact) mass is 322 g/mol. The van der Waals surface area contributed by atoms with Crippen molar-refractivity contribution >= 4 is 22.8 Å². The van der Waals surface area contributed by atoms with Gasteiger partial charge in [0, 0.05) is 5.56 Å². The molecule has 2 rings (SSSR count). The van der Waals surface area contributed by atoms with Crippen LogP contribution in [0.5, 0.6) is 5.75 Å². The molecule has 1 aromatic rings. The predicted octanol–water partition coefficient (Wildman–Crippen LogP) is 4.97. The summed E-state index contributed by atoms with van der Waals surface area (Å²) in [6.45, 7) is 2.21. The zero-order chi connectivity index (χ0) is 15.9. The van der Waals surface area contributed by atoms with Crippen LogP contribution in [0.2, 0.25) is 0 Å². The summed E-state index contributed by atoms with van der Waals surface area (Å²) >= 11 is 5.39. The van der Waals surface area contributed by atoms with E-state index in [0.29, 0.717) is 11.3 Å². The number of halogens is 1. The topological polar surface area (TPSA) is 43.4 Å². The minimum absolute atomic E-state index is 0.00668. The second-order valence-electron chi connectivity index (χ2n) is 6.08. The lowest BCUT2D eigenvalue weighted by atomic mass is 9.80. The van der Waals surface area contributed by atoms with Crippen LogP contribution in [-0.2, 0) is 4.79 Å². The van der Waals surface area contributed by atoms with Gasteiger partial charge in [-0.15, -0.1) is 0 Å². The number of esters is 1. The highest BCUT2D eigenvalue weighted by Gasteiger charge is 2.27. The highest BCUT2D eigenvalue weighted by atomic mass is 35.5. The lowest BCUT2D eigenvalue weighted by Crippen LogP contribution is -2.25. The van der Waals surface area contributed by atoms with Crippen molar-refractivity contribution in [3.05, 3.63) is 29.8 Å². The Bertz CT molecular complexity index is 502. The second kappa shape index (κ2) is 8.33. The summed E-state index contributed by atoms with van der Waals surface area (Å²) in [4.78, 5) is 23.2. The highest BCUT2D eigenvalue weighted by molar-refractivity contribution is 6.67. The van der Waals surface area contributed by atoms with E-state index in [1.165, 1.54) is 19.3 Å². The Kier molecular flexibility index (Phi) is 6.44. The third-order valence-electron chi connectivity index (χ3n) is 4.45. The summed E-state index contributed by atoms with van der Waals surface area (Å²) in [7, 11) is 0. The number of hydrogen-bond acceptors (Lipinski definition) is 3. The standard InChI is InChI=1S/C18H23ClO3/c1-2-3-4-13-5-7-15(8-6-13)18(21)22-16-11-9-14(10-12-16)17(19)20/h9-13,15H,2-8H2,1H3. The average molecular weight is 323 g/mol. The van der Waals surface area contributed by atoms with E-state index in [-0.39, 0.29) is 11.9 Å². The van der Waals surface area contributed by atoms with Crippen molar-refractivity contribution in [2.24, 2.45) is 11.8 Å². The molecule has 4 heteroatoms. The number of rotatable bonds is 6. The van der Waals surface area contributed by atoms with E-state index in [2.05, 4.69) is 6.92 Å². The summed E-state index contributed by atoms with van der Waals surface area (Å²) in [6, 6.07) is 6.36. The van der Waals surface area contributed by atoms with E-state index < -0.39 is 5.24 Å². The maximum Gasteiger partial charge on any atom is 0.314 e. The molecule has 1 aliphatic carbocycles. The first-order valence-corrected chi connectivity index (χ1v) is 8.49. The molecule has 0 saturated heterocycles. The van der Waals surface area contributed by atoms with Gasteiger partial charge in [-0.1, -0.05) is 26.2 Å². The van der Waals surface area contributed by atoms with Crippen molar-refractivity contribution in [2.45, 2.75) is 51.9 Å². The lowest BCUT2D eigenvalue weighted by Gasteiger charge is -2.27. The first kappa shape index (κ1) is 17.0. The number of benzene rings is 1. The molecule has 0 unspecified atom stereocenters. The molecule has 1 fully saturated rings. The van der Waals surface area contributed by atoms with Gasteiger partial charge in [-0.25, -0.2) is 0 Å². The second-order valence-corrected chi connectivity index (χ2v) is 6.42. The van der Waals surface area contributed by atoms with Crippen LogP contribution in [0.1, 0.15) is 62.2 Å². The Labute approximate surface area is 137 Å². The van der Waals surface area contributed by atoms with E-state index in [1.54, 1.807) is 24.3 Å². The molecule has 0 aromatic heterocycles. The van der Waals surface area contributed by atoms with Crippen LogP contribution in [0.15, 0.2) is 24.3 Å². The van der Waals surface area contributed by atoms with Gasteiger partial charge in [0.25, 0.3) is 5.24 Å². The van der Waals surface area contributed by atoms with E-state index in [9.17, 15) is 9.59 Å². The number of hydrogen-bond donors (Lipinski definition) is 0. The van der Waals surface area contributed by atoms with Crippen molar-refractivity contribution in [3.8, 4) is 5.75 Å². The number of ether oxygens (including phenoxy) is 1. The summed E-state index contributed by atoms with van der Waals surface area (Å²) in [5, 5.41) is -0.511. The molecule has 1 aliphatic rings. The highest BCUT2D eigenvalue weighted by Crippen LogP contribution is 2.32. The van der Waals surface area contributed by atoms with E-state index >= 15 is 0 Å². The minimum atomic E-state index is -0.511. The Hall–Kier alpha value is -1.35. The molecular weight excluding hydrogens is 300 g/mol. The van der Waals surface area contributed by atoms with Crippen molar-refractivity contribution in [1.82, 2.24) is 0 Å². The van der Waals surface area contributed by atoms with Crippen molar-refractivity contribution in [2.75, 3.05) is 0 Å². The van der Waals surface area contributed by atoms with Crippen LogP contribution in [0.3, 0.4) is 0 Å². The fourth-order valence-electron chi connectivity index (χ4n) is 3.03. The summed E-state index contributed by atoms with van der Waals surface area (Å²) in [5.74, 6) is 1.10. The molecule has 0 bridgehead atoms. The Morgan fingerprint density at radius 1 is 1.14 bits per heavy atom. The summed E-state index contributed by atoms with van der Waals surface area (Å²) in [6.07, 6.45) is 7.90. The smallest absolute Gasteiger partial charge is 0.314 e. The third kappa shape index (κ3) is 4.84. The summed E-state index contributed by atoms with van der Waals surface area (Å²) < 4.78 is 5.41. The molecule has 22 heavy (non-hydrogen) atoms. The van der Waals surface area contributed by atoms with E-state index in [4.69, 9.17) is 16.3 Å². The van der Waals surface area contributed by atoms with Crippen molar-refractivity contribution in [1.29, 1.82) is 0 Å². The quantitative estimate of drug-likeness (QED) is 0.422. The number of carbonyl (C=O) groups excluding carboxylic acids is 2. The van der Waals surface area contributed by atoms with Crippen LogP contribution >= 0.6 is 11.6 Å². The van der Waals surface area contributed by atoms with Crippen LogP contribution in [-0.4, -0.2) is 11.2 Å². The largest absolute Gasteiger partial charge is 0.426 e. The maximum atomic E-state index is 12.2. The Morgan fingerprint density at radius 2 is 1.77 bits per heavy atom. The molecule has 0 spiro atoms. The lowest BCUT2D eigenvalue weighted by molar-refractivity contribution is -0.140. The van der Waals surface area contributed by atoms with Gasteiger partial charge in [-0.2, -0.15) is 0 Å². The van der Waals surface area contributed by atoms with Crippen LogP contribution in [0, 0.1) is 11.8 Å². The molecule has 0 N–H and O–H groups in total. The van der Waals surface area contributed by atoms with Gasteiger partial charge < -0.3 is 4.74 Å². The van der Waals surface area contributed by atoms with Gasteiger partial charge in [0.1, 0.15) is 5.75 Å². The van der Waals surface area contributed by atoms with Crippen LogP contribution < -0.4 is 4.74 Å². The zero-order valence-electron chi connectivity index (χ0n) is 13.0. The SMILES string of the molecule is CCCCC1CCC(C(=O)Oc2ccc(C(=O)Cl)cc2)CC1. The van der Waals surface area contributed by atoms with Crippen molar-refractivity contribution < 1.29 is 14.3 Å². The molecule has 0 heterocycles. The molecule has 1 saturated carbocycles. The molecular formula is C18H23ClO3. The van der Waals surface area contributed by atoms with Gasteiger partial charge in [-0.05, 0) is 67.5 Å². The van der Waals surface area contributed by atoms with E-state index in [1.807, 2.05) is 0 Å². The van der Waals surface area contributed by atoms with Gasteiger partial charge in [-0.3, -0.25) is 9.59 Å². The van der Waals surface area contributed by atoms with Crippen LogP contribution in [0.25, 0.3) is 0 Å². The minimum Gasteiger partial charge on any atom is -0.426 e. The first-order valence-electron chi connectivity index (χ1n) is 8.11. The maximum absolute atomic E-state index is 12.2. The molecule has 3 nitrogen and oxygen atoms in total. The Morgan fingerprint density at radius 3 is 2.32 bits per heavy atom. The fraction of sp³-hybridized carbons (Fsp3) is 0.556. The van der Waals surface area contributed by atoms with Crippen molar-refractivity contribution in [3.63, 3.8) is 0 Å². The first-order chi connectivity index (χ1) is 10.6. The van der Waals surface area contributed by atoms with Gasteiger partial charge in [0.05, 0.1) is 5.92 Å². The zero-order valence-corrected chi connectivity index (χ0v) is 13.8. The normalized spacial score (nSPS) is 21.4.